The number of aromatic nitrogens is 2. The first-order valence-corrected chi connectivity index (χ1v) is 7.28. The van der Waals surface area contributed by atoms with Crippen molar-refractivity contribution < 1.29 is 18.7 Å². The van der Waals surface area contributed by atoms with E-state index in [4.69, 9.17) is 13.9 Å². The number of rotatable bonds is 4. The van der Waals surface area contributed by atoms with Crippen LogP contribution < -0.4 is 15.5 Å². The summed E-state index contributed by atoms with van der Waals surface area (Å²) in [5.74, 6) is -0.000174. The second kappa shape index (κ2) is 6.66. The van der Waals surface area contributed by atoms with Crippen LogP contribution in [0.25, 0.3) is 0 Å². The van der Waals surface area contributed by atoms with E-state index < -0.39 is 11.3 Å². The van der Waals surface area contributed by atoms with Gasteiger partial charge < -0.3 is 19.2 Å². The molecule has 1 aliphatic rings. The lowest BCUT2D eigenvalue weighted by atomic mass is 9.99. The van der Waals surface area contributed by atoms with Crippen molar-refractivity contribution in [1.82, 2.24) is 10.2 Å². The van der Waals surface area contributed by atoms with E-state index in [0.29, 0.717) is 12.4 Å². The molecule has 0 spiro atoms. The molecule has 1 unspecified atom stereocenters. The third-order valence-corrected chi connectivity index (χ3v) is 3.68. The van der Waals surface area contributed by atoms with Crippen LogP contribution in [-0.2, 0) is 4.74 Å². The van der Waals surface area contributed by atoms with E-state index in [-0.39, 0.29) is 17.4 Å². The molecule has 0 radical (unpaired) electrons. The van der Waals surface area contributed by atoms with Gasteiger partial charge in [0.15, 0.2) is 11.6 Å². The number of ether oxygens (including phenoxy) is 2. The van der Waals surface area contributed by atoms with Gasteiger partial charge in [-0.1, -0.05) is 0 Å². The Balaban J connectivity index is 1.69. The molecule has 2 aromatic heterocycles. The number of carbonyl (C=O) groups excluding carboxylic acids is 1. The molecule has 0 aliphatic carbocycles. The lowest BCUT2D eigenvalue weighted by Crippen LogP contribution is -2.16. The zero-order chi connectivity index (χ0) is 16.2. The fourth-order valence-electron chi connectivity index (χ4n) is 2.44. The van der Waals surface area contributed by atoms with Gasteiger partial charge in [0.1, 0.15) is 6.26 Å². The van der Waals surface area contributed by atoms with Crippen LogP contribution in [0.4, 0.5) is 5.82 Å². The molecule has 1 atom stereocenters. The van der Waals surface area contributed by atoms with Crippen molar-refractivity contribution in [3.8, 4) is 5.75 Å². The molecule has 1 aliphatic heterocycles. The van der Waals surface area contributed by atoms with Gasteiger partial charge in [-0.3, -0.25) is 14.7 Å². The number of anilines is 1. The first-order chi connectivity index (χ1) is 11.2. The van der Waals surface area contributed by atoms with Gasteiger partial charge in [-0.25, -0.2) is 0 Å². The Hall–Kier alpha value is -2.61. The number of H-pyrrole nitrogens is 1. The summed E-state index contributed by atoms with van der Waals surface area (Å²) in [6.45, 7) is 1.42. The average Bonchev–Trinajstić information content (AvgIpc) is 3.04. The molecule has 0 bridgehead atoms. The lowest BCUT2D eigenvalue weighted by molar-refractivity contribution is 0.0793. The van der Waals surface area contributed by atoms with Crippen molar-refractivity contribution >= 4 is 11.7 Å². The quantitative estimate of drug-likeness (QED) is 0.885. The first-order valence-electron chi connectivity index (χ1n) is 7.28. The van der Waals surface area contributed by atoms with Crippen molar-refractivity contribution in [2.24, 2.45) is 0 Å². The molecule has 2 N–H and O–H groups in total. The zero-order valence-electron chi connectivity index (χ0n) is 12.6. The van der Waals surface area contributed by atoms with Crippen molar-refractivity contribution in [2.45, 2.75) is 18.8 Å². The number of nitrogens with zero attached hydrogens (tertiary/aromatic N) is 1. The number of aromatic amines is 1. The van der Waals surface area contributed by atoms with Gasteiger partial charge in [0.25, 0.3) is 5.91 Å². The minimum atomic E-state index is -0.553. The maximum Gasteiger partial charge on any atom is 0.292 e. The Morgan fingerprint density at radius 3 is 3.04 bits per heavy atom. The number of nitrogens with one attached hydrogen (secondary N) is 2. The van der Waals surface area contributed by atoms with E-state index in [1.165, 1.54) is 7.11 Å². The smallest absolute Gasteiger partial charge is 0.292 e. The van der Waals surface area contributed by atoms with E-state index in [1.54, 1.807) is 6.07 Å². The van der Waals surface area contributed by atoms with Gasteiger partial charge >= 0.3 is 0 Å². The standard InChI is InChI=1S/C15H17N3O5/c1-21-13-8-23-12(6-11(13)19)15(20)16-14-5-10(17-18-14)9-3-2-4-22-7-9/h5-6,8-9H,2-4,7H2,1H3,(H2,16,17,18,20). The van der Waals surface area contributed by atoms with Gasteiger partial charge in [0.2, 0.25) is 11.2 Å². The molecular formula is C15H17N3O5. The summed E-state index contributed by atoms with van der Waals surface area (Å²) in [5, 5.41) is 9.55. The third kappa shape index (κ3) is 3.42. The third-order valence-electron chi connectivity index (χ3n) is 3.68. The monoisotopic (exact) mass is 319 g/mol. The van der Waals surface area contributed by atoms with Gasteiger partial charge in [0.05, 0.1) is 13.7 Å². The van der Waals surface area contributed by atoms with Crippen LogP contribution in [0, 0.1) is 0 Å². The molecule has 3 heterocycles. The van der Waals surface area contributed by atoms with Crippen LogP contribution >= 0.6 is 0 Å². The van der Waals surface area contributed by atoms with E-state index in [2.05, 4.69) is 15.5 Å². The second-order valence-electron chi connectivity index (χ2n) is 5.25. The molecular weight excluding hydrogens is 302 g/mol. The minimum absolute atomic E-state index is 0.0425. The Bertz CT molecular complexity index is 746. The van der Waals surface area contributed by atoms with E-state index in [0.717, 1.165) is 37.5 Å². The SMILES string of the molecule is COc1coc(C(=O)Nc2cc(C3CCCOC3)[nH]n2)cc1=O. The van der Waals surface area contributed by atoms with Gasteiger partial charge in [-0.2, -0.15) is 5.10 Å². The second-order valence-corrected chi connectivity index (χ2v) is 5.25. The average molecular weight is 319 g/mol. The maximum atomic E-state index is 12.1. The molecule has 3 rings (SSSR count). The van der Waals surface area contributed by atoms with E-state index in [9.17, 15) is 9.59 Å². The van der Waals surface area contributed by atoms with Gasteiger partial charge in [-0.05, 0) is 12.8 Å². The highest BCUT2D eigenvalue weighted by molar-refractivity contribution is 6.01. The van der Waals surface area contributed by atoms with Crippen molar-refractivity contribution in [3.63, 3.8) is 0 Å². The molecule has 1 amide bonds. The summed E-state index contributed by atoms with van der Waals surface area (Å²) >= 11 is 0. The predicted molar refractivity (Wildman–Crippen MR) is 80.9 cm³/mol. The number of methoxy groups -OCH3 is 1. The number of carbonyl (C=O) groups is 1. The summed E-state index contributed by atoms with van der Waals surface area (Å²) in [6.07, 6.45) is 3.12. The Labute approximate surface area is 131 Å². The van der Waals surface area contributed by atoms with Crippen molar-refractivity contribution in [3.05, 3.63) is 40.1 Å². The van der Waals surface area contributed by atoms with Crippen molar-refractivity contribution in [2.75, 3.05) is 25.6 Å². The molecule has 1 fully saturated rings. The van der Waals surface area contributed by atoms with Crippen LogP contribution in [0.5, 0.6) is 5.75 Å². The van der Waals surface area contributed by atoms with E-state index >= 15 is 0 Å². The highest BCUT2D eigenvalue weighted by atomic mass is 16.5. The summed E-state index contributed by atoms with van der Waals surface area (Å²) < 4.78 is 15.3. The van der Waals surface area contributed by atoms with Crippen LogP contribution in [0.15, 0.2) is 27.6 Å². The normalized spacial score (nSPS) is 17.7. The first kappa shape index (κ1) is 15.3. The number of amides is 1. The fourth-order valence-corrected chi connectivity index (χ4v) is 2.44. The van der Waals surface area contributed by atoms with E-state index in [1.807, 2.05) is 0 Å². The van der Waals surface area contributed by atoms with Crippen LogP contribution in [0.1, 0.15) is 35.0 Å². The molecule has 0 saturated carbocycles. The summed E-state index contributed by atoms with van der Waals surface area (Å²) in [6, 6.07) is 2.84. The minimum Gasteiger partial charge on any atom is -0.490 e. The predicted octanol–water partition coefficient (Wildman–Crippen LogP) is 1.52. The molecule has 8 heteroatoms. The summed E-state index contributed by atoms with van der Waals surface area (Å²) in [7, 11) is 1.35. The van der Waals surface area contributed by atoms with Gasteiger partial charge in [0, 0.05) is 30.4 Å². The zero-order valence-corrected chi connectivity index (χ0v) is 12.6. The molecule has 8 nitrogen and oxygen atoms in total. The fraction of sp³-hybridized carbons (Fsp3) is 0.400. The highest BCUT2D eigenvalue weighted by Crippen LogP contribution is 2.25. The molecule has 1 saturated heterocycles. The number of hydrogen-bond donors (Lipinski definition) is 2. The molecule has 23 heavy (non-hydrogen) atoms. The Kier molecular flexibility index (Phi) is 4.42. The van der Waals surface area contributed by atoms with Gasteiger partial charge in [-0.15, -0.1) is 0 Å². The Morgan fingerprint density at radius 2 is 2.35 bits per heavy atom. The highest BCUT2D eigenvalue weighted by Gasteiger charge is 2.19. The number of hydrogen-bond acceptors (Lipinski definition) is 6. The molecule has 0 aromatic carbocycles. The van der Waals surface area contributed by atoms with Crippen LogP contribution in [0.2, 0.25) is 0 Å². The molecule has 2 aromatic rings. The van der Waals surface area contributed by atoms with Crippen LogP contribution in [-0.4, -0.2) is 36.4 Å². The van der Waals surface area contributed by atoms with Crippen molar-refractivity contribution in [1.29, 1.82) is 0 Å². The molecule has 122 valence electrons. The topological polar surface area (TPSA) is 106 Å². The summed E-state index contributed by atoms with van der Waals surface area (Å²) in [4.78, 5) is 23.7. The summed E-state index contributed by atoms with van der Waals surface area (Å²) in [5.41, 5.74) is 0.488. The van der Waals surface area contributed by atoms with Crippen LogP contribution in [0.3, 0.4) is 0 Å². The largest absolute Gasteiger partial charge is 0.490 e. The lowest BCUT2D eigenvalue weighted by Gasteiger charge is -2.20. The Morgan fingerprint density at radius 1 is 1.48 bits per heavy atom. The maximum absolute atomic E-state index is 12.1.